The van der Waals surface area contributed by atoms with Crippen molar-refractivity contribution < 1.29 is 14.3 Å². The molecule has 0 saturated heterocycles. The van der Waals surface area contributed by atoms with Gasteiger partial charge in [-0.05, 0) is 67.6 Å². The Morgan fingerprint density at radius 1 is 1.07 bits per heavy atom. The predicted octanol–water partition coefficient (Wildman–Crippen LogP) is 6.94. The van der Waals surface area contributed by atoms with Crippen molar-refractivity contribution >= 4 is 46.3 Å². The van der Waals surface area contributed by atoms with E-state index in [2.05, 4.69) is 28.9 Å². The van der Waals surface area contributed by atoms with E-state index in [9.17, 15) is 14.9 Å². The Balaban J connectivity index is 1.49. The number of aryl methyl sites for hydroxylation is 1. The molecule has 1 aromatic heterocycles. The normalized spacial score (nSPS) is 14.8. The van der Waals surface area contributed by atoms with Crippen molar-refractivity contribution in [2.24, 2.45) is 0 Å². The van der Waals surface area contributed by atoms with Crippen molar-refractivity contribution in [3.8, 4) is 11.8 Å². The van der Waals surface area contributed by atoms with E-state index in [1.165, 1.54) is 23.1 Å². The molecule has 0 bridgehead atoms. The molecule has 3 N–H and O–H groups in total. The smallest absolute Gasteiger partial charge is 0.254 e. The zero-order valence-corrected chi connectivity index (χ0v) is 24.4. The van der Waals surface area contributed by atoms with Crippen molar-refractivity contribution in [1.82, 2.24) is 5.32 Å². The molecule has 1 aliphatic heterocycles. The highest BCUT2D eigenvalue weighted by molar-refractivity contribution is 8.03. The molecular formula is C31H32N4O3S2. The lowest BCUT2D eigenvalue weighted by molar-refractivity contribution is -0.114. The number of amides is 2. The van der Waals surface area contributed by atoms with Crippen LogP contribution in [0.3, 0.4) is 0 Å². The molecule has 0 radical (unpaired) electrons. The number of carbonyl (C=O) groups is 2. The Morgan fingerprint density at radius 3 is 2.52 bits per heavy atom. The molecule has 1 atom stereocenters. The van der Waals surface area contributed by atoms with E-state index in [-0.39, 0.29) is 17.6 Å². The summed E-state index contributed by atoms with van der Waals surface area (Å²) in [4.78, 5) is 27.2. The van der Waals surface area contributed by atoms with Crippen LogP contribution >= 0.6 is 23.1 Å². The average molecular weight is 573 g/mol. The highest BCUT2D eigenvalue weighted by Gasteiger charge is 2.35. The van der Waals surface area contributed by atoms with E-state index in [1.807, 2.05) is 79.9 Å². The molecule has 206 valence electrons. The van der Waals surface area contributed by atoms with Gasteiger partial charge >= 0.3 is 0 Å². The molecule has 40 heavy (non-hydrogen) atoms. The molecule has 1 aliphatic rings. The van der Waals surface area contributed by atoms with E-state index in [0.717, 1.165) is 34.7 Å². The van der Waals surface area contributed by atoms with Gasteiger partial charge in [-0.1, -0.05) is 49.4 Å². The summed E-state index contributed by atoms with van der Waals surface area (Å²) in [5, 5.41) is 21.9. The molecule has 9 heteroatoms. The zero-order chi connectivity index (χ0) is 28.5. The number of benzene rings is 2. The number of thiophene rings is 1. The second-order valence-electron chi connectivity index (χ2n) is 9.30. The third kappa shape index (κ3) is 7.14. The largest absolute Gasteiger partial charge is 0.494 e. The lowest BCUT2D eigenvalue weighted by atomic mass is 9.86. The number of nitrogens with zero attached hydrogens (tertiary/aromatic N) is 1. The van der Waals surface area contributed by atoms with Gasteiger partial charge in [0, 0.05) is 27.5 Å². The Kier molecular flexibility index (Phi) is 10.1. The SMILES string of the molecule is CCCCOc1ccc(NC(=O)CSC2=C(C#N)[C@H](c3cccs3)C(C(=O)Nc3ccccc3C)=C(C)N2)cc1. The molecule has 2 heterocycles. The van der Waals surface area contributed by atoms with Gasteiger partial charge < -0.3 is 20.7 Å². The molecule has 0 spiro atoms. The summed E-state index contributed by atoms with van der Waals surface area (Å²) in [6.45, 7) is 6.54. The zero-order valence-electron chi connectivity index (χ0n) is 22.7. The third-order valence-electron chi connectivity index (χ3n) is 6.37. The average Bonchev–Trinajstić information content (AvgIpc) is 3.48. The van der Waals surface area contributed by atoms with Crippen LogP contribution in [0.15, 0.2) is 87.9 Å². The Labute approximate surface area is 243 Å². The second kappa shape index (κ2) is 13.9. The summed E-state index contributed by atoms with van der Waals surface area (Å²) in [7, 11) is 0. The standard InChI is InChI=1S/C31H32N4O3S2/c1-4-5-16-38-23-14-12-22(13-15-23)34-27(36)19-40-31-24(18-32)29(26-11-8-17-39-26)28(21(3)33-31)30(37)35-25-10-7-6-9-20(25)2/h6-15,17,29,33H,4-5,16,19H2,1-3H3,(H,34,36)(H,35,37)/t29-/m1/s1. The van der Waals surface area contributed by atoms with Gasteiger partial charge in [0.1, 0.15) is 5.75 Å². The highest BCUT2D eigenvalue weighted by atomic mass is 32.2. The molecule has 0 aliphatic carbocycles. The number of nitriles is 1. The van der Waals surface area contributed by atoms with Crippen LogP contribution in [-0.2, 0) is 9.59 Å². The quantitative estimate of drug-likeness (QED) is 0.215. The maximum atomic E-state index is 13.6. The molecule has 2 aromatic carbocycles. The van der Waals surface area contributed by atoms with E-state index in [4.69, 9.17) is 4.74 Å². The number of carbonyl (C=O) groups excluding carboxylic acids is 2. The van der Waals surface area contributed by atoms with Crippen molar-refractivity contribution in [3.05, 3.63) is 98.4 Å². The van der Waals surface area contributed by atoms with Crippen LogP contribution in [0.2, 0.25) is 0 Å². The first-order valence-electron chi connectivity index (χ1n) is 13.1. The number of dihydropyridines is 1. The molecule has 2 amide bonds. The van der Waals surface area contributed by atoms with Gasteiger partial charge in [-0.15, -0.1) is 11.3 Å². The van der Waals surface area contributed by atoms with Crippen molar-refractivity contribution in [2.45, 2.75) is 39.5 Å². The van der Waals surface area contributed by atoms with Gasteiger partial charge in [0.25, 0.3) is 5.91 Å². The monoisotopic (exact) mass is 572 g/mol. The molecule has 0 fully saturated rings. The van der Waals surface area contributed by atoms with E-state index >= 15 is 0 Å². The Morgan fingerprint density at radius 2 is 1.85 bits per heavy atom. The van der Waals surface area contributed by atoms with E-state index < -0.39 is 5.92 Å². The Hall–Kier alpha value is -4.00. The fraction of sp³-hybridized carbons (Fsp3) is 0.258. The lowest BCUT2D eigenvalue weighted by Gasteiger charge is -2.29. The van der Waals surface area contributed by atoms with Crippen LogP contribution in [0, 0.1) is 18.3 Å². The summed E-state index contributed by atoms with van der Waals surface area (Å²) < 4.78 is 5.68. The summed E-state index contributed by atoms with van der Waals surface area (Å²) in [6, 6.07) is 21.0. The van der Waals surface area contributed by atoms with Crippen molar-refractivity contribution in [3.63, 3.8) is 0 Å². The summed E-state index contributed by atoms with van der Waals surface area (Å²) in [5.41, 5.74) is 3.87. The number of hydrogen-bond donors (Lipinski definition) is 3. The van der Waals surface area contributed by atoms with Crippen LogP contribution in [0.25, 0.3) is 0 Å². The molecule has 7 nitrogen and oxygen atoms in total. The molecule has 3 aromatic rings. The fourth-order valence-electron chi connectivity index (χ4n) is 4.27. The first-order chi connectivity index (χ1) is 19.4. The first kappa shape index (κ1) is 29.0. The minimum absolute atomic E-state index is 0.0947. The highest BCUT2D eigenvalue weighted by Crippen LogP contribution is 2.42. The van der Waals surface area contributed by atoms with Gasteiger partial charge in [-0.25, -0.2) is 0 Å². The number of thioether (sulfide) groups is 1. The maximum Gasteiger partial charge on any atom is 0.254 e. The first-order valence-corrected chi connectivity index (χ1v) is 15.0. The second-order valence-corrected chi connectivity index (χ2v) is 11.3. The van der Waals surface area contributed by atoms with Crippen LogP contribution in [0.5, 0.6) is 5.75 Å². The van der Waals surface area contributed by atoms with Crippen LogP contribution in [0.1, 0.15) is 43.0 Å². The van der Waals surface area contributed by atoms with Gasteiger partial charge in [-0.2, -0.15) is 5.26 Å². The van der Waals surface area contributed by atoms with Crippen LogP contribution in [-0.4, -0.2) is 24.2 Å². The van der Waals surface area contributed by atoms with Gasteiger partial charge in [0.15, 0.2) is 0 Å². The van der Waals surface area contributed by atoms with E-state index in [1.54, 1.807) is 0 Å². The number of ether oxygens (including phenoxy) is 1. The molecular weight excluding hydrogens is 541 g/mol. The lowest BCUT2D eigenvalue weighted by Crippen LogP contribution is -2.31. The molecule has 4 rings (SSSR count). The number of unbranched alkanes of at least 4 members (excludes halogenated alkanes) is 1. The third-order valence-corrected chi connectivity index (χ3v) is 8.32. The van der Waals surface area contributed by atoms with Crippen molar-refractivity contribution in [2.75, 3.05) is 23.0 Å². The number of hydrogen-bond acceptors (Lipinski definition) is 7. The number of nitrogens with one attached hydrogen (secondary N) is 3. The Bertz CT molecular complexity index is 1450. The predicted molar refractivity (Wildman–Crippen MR) is 163 cm³/mol. The fourth-order valence-corrected chi connectivity index (χ4v) is 6.01. The van der Waals surface area contributed by atoms with Crippen LogP contribution in [0.4, 0.5) is 11.4 Å². The number of para-hydroxylation sites is 1. The van der Waals surface area contributed by atoms with Crippen LogP contribution < -0.4 is 20.7 Å². The summed E-state index contributed by atoms with van der Waals surface area (Å²) in [5.74, 6) is -0.151. The van der Waals surface area contributed by atoms with Crippen molar-refractivity contribution in [1.29, 1.82) is 5.26 Å². The number of allylic oxidation sites excluding steroid dienone is 2. The topological polar surface area (TPSA) is 103 Å². The maximum absolute atomic E-state index is 13.6. The number of anilines is 2. The van der Waals surface area contributed by atoms with E-state index in [0.29, 0.717) is 34.2 Å². The molecule has 0 unspecified atom stereocenters. The van der Waals surface area contributed by atoms with Gasteiger partial charge in [0.2, 0.25) is 5.91 Å². The minimum Gasteiger partial charge on any atom is -0.494 e. The minimum atomic E-state index is -0.541. The summed E-state index contributed by atoms with van der Waals surface area (Å²) in [6.07, 6.45) is 2.06. The molecule has 0 saturated carbocycles. The number of rotatable bonds is 11. The van der Waals surface area contributed by atoms with Gasteiger partial charge in [0.05, 0.1) is 34.9 Å². The summed E-state index contributed by atoms with van der Waals surface area (Å²) >= 11 is 2.74. The van der Waals surface area contributed by atoms with Gasteiger partial charge in [-0.3, -0.25) is 9.59 Å².